The molecule has 2 aromatic rings. The topological polar surface area (TPSA) is 101 Å². The van der Waals surface area contributed by atoms with E-state index in [9.17, 15) is 27.7 Å². The van der Waals surface area contributed by atoms with Crippen molar-refractivity contribution in [1.29, 1.82) is 0 Å². The summed E-state index contributed by atoms with van der Waals surface area (Å²) in [7, 11) is -4.01. The fraction of sp³-hybridized carbons (Fsp3) is 0.235. The van der Waals surface area contributed by atoms with E-state index in [4.69, 9.17) is 11.6 Å². The molecule has 3 rings (SSSR count). The van der Waals surface area contributed by atoms with Crippen molar-refractivity contribution in [2.45, 2.75) is 4.90 Å². The molecule has 1 saturated heterocycles. The Hall–Kier alpha value is -2.56. The highest BCUT2D eigenvalue weighted by atomic mass is 35.5. The van der Waals surface area contributed by atoms with Gasteiger partial charge < -0.3 is 4.90 Å². The number of non-ortho nitro benzene ring substituents is 1. The van der Waals surface area contributed by atoms with E-state index >= 15 is 0 Å². The Balaban J connectivity index is 1.73. The second-order valence-electron chi connectivity index (χ2n) is 6.05. The molecular formula is C17H15ClFN3O5S. The van der Waals surface area contributed by atoms with Crippen molar-refractivity contribution in [2.24, 2.45) is 0 Å². The number of halogens is 2. The molecule has 0 bridgehead atoms. The third-order valence-corrected chi connectivity index (χ3v) is 6.62. The zero-order chi connectivity index (χ0) is 20.5. The SMILES string of the molecule is O=C(c1ccc([N+](=O)[O-])cc1Cl)N1CCN(S(=O)(=O)c2ccccc2F)CC1. The Morgan fingerprint density at radius 2 is 1.75 bits per heavy atom. The van der Waals surface area contributed by atoms with Crippen LogP contribution in [0.25, 0.3) is 0 Å². The second kappa shape index (κ2) is 7.82. The Kier molecular flexibility index (Phi) is 5.64. The molecule has 1 heterocycles. The summed E-state index contributed by atoms with van der Waals surface area (Å²) in [6.07, 6.45) is 0. The number of amides is 1. The molecule has 1 aliphatic heterocycles. The summed E-state index contributed by atoms with van der Waals surface area (Å²) in [6.45, 7) is 0.152. The molecule has 11 heteroatoms. The van der Waals surface area contributed by atoms with Gasteiger partial charge in [0.15, 0.2) is 0 Å². The molecule has 1 amide bonds. The van der Waals surface area contributed by atoms with Crippen molar-refractivity contribution in [3.05, 3.63) is 69.0 Å². The highest BCUT2D eigenvalue weighted by Crippen LogP contribution is 2.25. The van der Waals surface area contributed by atoms with Crippen molar-refractivity contribution in [2.75, 3.05) is 26.2 Å². The van der Waals surface area contributed by atoms with E-state index in [0.717, 1.165) is 16.4 Å². The number of piperazine rings is 1. The normalized spacial score (nSPS) is 15.4. The van der Waals surface area contributed by atoms with Crippen LogP contribution in [0.4, 0.5) is 10.1 Å². The largest absolute Gasteiger partial charge is 0.336 e. The van der Waals surface area contributed by atoms with Crippen LogP contribution in [0.3, 0.4) is 0 Å². The van der Waals surface area contributed by atoms with Crippen molar-refractivity contribution in [3.63, 3.8) is 0 Å². The first-order valence-corrected chi connectivity index (χ1v) is 10.0. The fourth-order valence-corrected chi connectivity index (χ4v) is 4.63. The van der Waals surface area contributed by atoms with Gasteiger partial charge in [0.1, 0.15) is 10.7 Å². The average molecular weight is 428 g/mol. The lowest BCUT2D eigenvalue weighted by Gasteiger charge is -2.34. The van der Waals surface area contributed by atoms with Crippen molar-refractivity contribution in [1.82, 2.24) is 9.21 Å². The molecule has 0 N–H and O–H groups in total. The third kappa shape index (κ3) is 3.84. The summed E-state index contributed by atoms with van der Waals surface area (Å²) in [4.78, 5) is 23.8. The molecule has 1 aliphatic rings. The molecule has 0 atom stereocenters. The maximum atomic E-state index is 13.9. The quantitative estimate of drug-likeness (QED) is 0.551. The van der Waals surface area contributed by atoms with E-state index in [0.29, 0.717) is 0 Å². The summed E-state index contributed by atoms with van der Waals surface area (Å²) in [6, 6.07) is 8.64. The van der Waals surface area contributed by atoms with Crippen LogP contribution in [0.1, 0.15) is 10.4 Å². The van der Waals surface area contributed by atoms with Gasteiger partial charge in [-0.05, 0) is 18.2 Å². The van der Waals surface area contributed by atoms with E-state index in [1.807, 2.05) is 0 Å². The van der Waals surface area contributed by atoms with Gasteiger partial charge in [-0.25, -0.2) is 12.8 Å². The number of benzene rings is 2. The monoisotopic (exact) mass is 427 g/mol. The maximum Gasteiger partial charge on any atom is 0.270 e. The van der Waals surface area contributed by atoms with Gasteiger partial charge in [0, 0.05) is 38.3 Å². The molecule has 0 spiro atoms. The van der Waals surface area contributed by atoms with Crippen LogP contribution >= 0.6 is 11.6 Å². The molecule has 0 unspecified atom stereocenters. The maximum absolute atomic E-state index is 13.9. The molecule has 0 radical (unpaired) electrons. The summed E-state index contributed by atoms with van der Waals surface area (Å²) in [5.74, 6) is -1.29. The molecule has 148 valence electrons. The first-order chi connectivity index (χ1) is 13.2. The zero-order valence-corrected chi connectivity index (χ0v) is 16.0. The lowest BCUT2D eigenvalue weighted by molar-refractivity contribution is -0.384. The van der Waals surface area contributed by atoms with E-state index in [2.05, 4.69) is 0 Å². The number of carbonyl (C=O) groups is 1. The Morgan fingerprint density at radius 1 is 1.11 bits per heavy atom. The first kappa shape index (κ1) is 20.2. The van der Waals surface area contributed by atoms with Gasteiger partial charge in [0.25, 0.3) is 11.6 Å². The van der Waals surface area contributed by atoms with Gasteiger partial charge in [0.2, 0.25) is 10.0 Å². The third-order valence-electron chi connectivity index (χ3n) is 4.37. The smallest absolute Gasteiger partial charge is 0.270 e. The minimum Gasteiger partial charge on any atom is -0.336 e. The Bertz CT molecular complexity index is 1040. The lowest BCUT2D eigenvalue weighted by Crippen LogP contribution is -2.50. The number of rotatable bonds is 4. The number of nitrogens with zero attached hydrogens (tertiary/aromatic N) is 3. The number of nitro benzene ring substituents is 1. The number of sulfonamides is 1. The van der Waals surface area contributed by atoms with E-state index < -0.39 is 31.6 Å². The van der Waals surface area contributed by atoms with E-state index in [1.165, 1.54) is 35.2 Å². The number of nitro groups is 1. The van der Waals surface area contributed by atoms with Crippen molar-refractivity contribution < 1.29 is 22.5 Å². The predicted molar refractivity (Wildman–Crippen MR) is 99.2 cm³/mol. The molecule has 8 nitrogen and oxygen atoms in total. The average Bonchev–Trinajstić information content (AvgIpc) is 2.67. The van der Waals surface area contributed by atoms with Gasteiger partial charge in [-0.15, -0.1) is 0 Å². The highest BCUT2D eigenvalue weighted by molar-refractivity contribution is 7.89. The molecule has 1 fully saturated rings. The van der Waals surface area contributed by atoms with Gasteiger partial charge in [-0.2, -0.15) is 4.31 Å². The molecule has 0 saturated carbocycles. The second-order valence-corrected chi connectivity index (χ2v) is 8.36. The standard InChI is InChI=1S/C17H15ClFN3O5S/c18-14-11-12(22(24)25)5-6-13(14)17(23)20-7-9-21(10-8-20)28(26,27)16-4-2-1-3-15(16)19/h1-6,11H,7-10H2. The molecular weight excluding hydrogens is 413 g/mol. The van der Waals surface area contributed by atoms with Gasteiger partial charge in [-0.1, -0.05) is 23.7 Å². The predicted octanol–water partition coefficient (Wildman–Crippen LogP) is 2.53. The lowest BCUT2D eigenvalue weighted by atomic mass is 10.1. The molecule has 28 heavy (non-hydrogen) atoms. The van der Waals surface area contributed by atoms with Crippen molar-refractivity contribution in [3.8, 4) is 0 Å². The van der Waals surface area contributed by atoms with Crippen LogP contribution in [-0.4, -0.2) is 54.6 Å². The molecule has 2 aromatic carbocycles. The van der Waals surface area contributed by atoms with Crippen LogP contribution in [0.2, 0.25) is 5.02 Å². The van der Waals surface area contributed by atoms with Crippen LogP contribution < -0.4 is 0 Å². The molecule has 0 aliphatic carbocycles. The first-order valence-electron chi connectivity index (χ1n) is 8.19. The van der Waals surface area contributed by atoms with Crippen LogP contribution in [0.5, 0.6) is 0 Å². The minimum atomic E-state index is -4.01. The number of carbonyl (C=O) groups excluding carboxylic acids is 1. The van der Waals surface area contributed by atoms with Gasteiger partial charge in [-0.3, -0.25) is 14.9 Å². The summed E-state index contributed by atoms with van der Waals surface area (Å²) >= 11 is 5.99. The number of hydrogen-bond donors (Lipinski definition) is 0. The zero-order valence-electron chi connectivity index (χ0n) is 14.4. The van der Waals surface area contributed by atoms with Gasteiger partial charge >= 0.3 is 0 Å². The Morgan fingerprint density at radius 3 is 2.32 bits per heavy atom. The number of hydrogen-bond acceptors (Lipinski definition) is 5. The van der Waals surface area contributed by atoms with E-state index in [1.54, 1.807) is 0 Å². The Labute approximate surface area is 165 Å². The summed E-state index contributed by atoms with van der Waals surface area (Å²) in [5.41, 5.74) is -0.139. The minimum absolute atomic E-state index is 0.00694. The van der Waals surface area contributed by atoms with Gasteiger partial charge in [0.05, 0.1) is 15.5 Å². The van der Waals surface area contributed by atoms with Crippen LogP contribution in [0, 0.1) is 15.9 Å². The fourth-order valence-electron chi connectivity index (χ4n) is 2.89. The van der Waals surface area contributed by atoms with E-state index in [-0.39, 0.29) is 42.5 Å². The summed E-state index contributed by atoms with van der Waals surface area (Å²) < 4.78 is 40.2. The molecule has 0 aromatic heterocycles. The highest BCUT2D eigenvalue weighted by Gasteiger charge is 2.32. The van der Waals surface area contributed by atoms with Crippen LogP contribution in [-0.2, 0) is 10.0 Å². The van der Waals surface area contributed by atoms with Crippen LogP contribution in [0.15, 0.2) is 47.4 Å². The summed E-state index contributed by atoms with van der Waals surface area (Å²) in [5, 5.41) is 10.7. The van der Waals surface area contributed by atoms with Crippen molar-refractivity contribution >= 4 is 33.2 Å².